The zero-order chi connectivity index (χ0) is 22.2. The van der Waals surface area contributed by atoms with Gasteiger partial charge in [0.15, 0.2) is 0 Å². The summed E-state index contributed by atoms with van der Waals surface area (Å²) in [6.45, 7) is 0. The van der Waals surface area contributed by atoms with Crippen LogP contribution in [0.2, 0.25) is 0 Å². The first-order chi connectivity index (χ1) is 15.7. The summed E-state index contributed by atoms with van der Waals surface area (Å²) in [6.07, 6.45) is 7.48. The number of hydrogen-bond donors (Lipinski definition) is 3. The van der Waals surface area contributed by atoms with Crippen LogP contribution in [0.25, 0.3) is 10.9 Å². The second-order valence-electron chi connectivity index (χ2n) is 7.63. The van der Waals surface area contributed by atoms with Crippen LogP contribution in [0.4, 0.5) is 23.1 Å². The van der Waals surface area contributed by atoms with E-state index in [0.717, 1.165) is 40.9 Å². The molecule has 1 aliphatic carbocycles. The fourth-order valence-corrected chi connectivity index (χ4v) is 3.20. The predicted octanol–water partition coefficient (Wildman–Crippen LogP) is 5.28. The second-order valence-corrected chi connectivity index (χ2v) is 7.63. The highest BCUT2D eigenvalue weighted by molar-refractivity contribution is 5.82. The molecule has 7 nitrogen and oxygen atoms in total. The Bertz CT molecular complexity index is 1140. The van der Waals surface area contributed by atoms with Gasteiger partial charge < -0.3 is 20.7 Å². The van der Waals surface area contributed by atoms with Crippen LogP contribution in [-0.2, 0) is 0 Å². The minimum absolute atomic E-state index is 0.379. The normalized spacial score (nSPS) is 12.9. The van der Waals surface area contributed by atoms with Gasteiger partial charge in [-0.05, 0) is 75.8 Å². The summed E-state index contributed by atoms with van der Waals surface area (Å²) in [5, 5.41) is 10.4. The number of para-hydroxylation sites is 1. The van der Waals surface area contributed by atoms with Gasteiger partial charge >= 0.3 is 0 Å². The highest BCUT2D eigenvalue weighted by atomic mass is 16.5. The van der Waals surface area contributed by atoms with E-state index in [2.05, 4.69) is 37.0 Å². The number of anilines is 4. The highest BCUT2D eigenvalue weighted by Crippen LogP contribution is 2.26. The van der Waals surface area contributed by atoms with Crippen molar-refractivity contribution in [2.45, 2.75) is 25.4 Å². The molecule has 0 bridgehead atoms. The summed E-state index contributed by atoms with van der Waals surface area (Å²) in [4.78, 5) is 13.3. The average Bonchev–Trinajstić information content (AvgIpc) is 2.78. The molecule has 2 aromatic heterocycles. The Morgan fingerprint density at radius 1 is 0.875 bits per heavy atom. The molecule has 0 saturated heterocycles. The standard InChI is InChI=1S/C23H21N5O.C2H7N/c1-2-7-21-16(4-1)14-18(15-25-21)26-22-12-13-24-23(28-22)27-17-8-10-20(11-9-17)29-19-5-3-6-19;1-3-2/h1-2,4,7-15,19H,3,5-6H2,(H2,24,26,27,28);3H,1-2H3. The third-order valence-electron chi connectivity index (χ3n) is 4.98. The molecule has 0 unspecified atom stereocenters. The Morgan fingerprint density at radius 3 is 2.41 bits per heavy atom. The maximum atomic E-state index is 5.90. The van der Waals surface area contributed by atoms with Crippen LogP contribution in [0.3, 0.4) is 0 Å². The predicted molar refractivity (Wildman–Crippen MR) is 130 cm³/mol. The van der Waals surface area contributed by atoms with E-state index in [1.165, 1.54) is 6.42 Å². The van der Waals surface area contributed by atoms with E-state index in [1.807, 2.05) is 68.7 Å². The van der Waals surface area contributed by atoms with Crippen molar-refractivity contribution in [1.82, 2.24) is 20.3 Å². The molecule has 0 amide bonds. The lowest BCUT2D eigenvalue weighted by molar-refractivity contribution is 0.120. The Hall–Kier alpha value is -3.71. The minimum Gasteiger partial charge on any atom is -0.490 e. The fraction of sp³-hybridized carbons (Fsp3) is 0.240. The molecule has 7 heteroatoms. The van der Waals surface area contributed by atoms with E-state index in [0.29, 0.717) is 17.9 Å². The molecule has 5 rings (SSSR count). The molecule has 1 fully saturated rings. The van der Waals surface area contributed by atoms with E-state index >= 15 is 0 Å². The van der Waals surface area contributed by atoms with Crippen molar-refractivity contribution < 1.29 is 4.74 Å². The van der Waals surface area contributed by atoms with Crippen LogP contribution >= 0.6 is 0 Å². The first kappa shape index (κ1) is 21.5. The largest absolute Gasteiger partial charge is 0.490 e. The third-order valence-corrected chi connectivity index (χ3v) is 4.98. The topological polar surface area (TPSA) is 84.0 Å². The van der Waals surface area contributed by atoms with Crippen molar-refractivity contribution in [3.05, 3.63) is 73.1 Å². The second kappa shape index (κ2) is 10.5. The summed E-state index contributed by atoms with van der Waals surface area (Å²) >= 11 is 0. The van der Waals surface area contributed by atoms with Gasteiger partial charge in [0, 0.05) is 17.3 Å². The maximum Gasteiger partial charge on any atom is 0.229 e. The fourth-order valence-electron chi connectivity index (χ4n) is 3.20. The molecular formula is C25H28N6O. The van der Waals surface area contributed by atoms with Crippen molar-refractivity contribution in [2.24, 2.45) is 0 Å². The van der Waals surface area contributed by atoms with Gasteiger partial charge in [-0.25, -0.2) is 4.98 Å². The summed E-state index contributed by atoms with van der Waals surface area (Å²) in [7, 11) is 3.75. The number of hydrogen-bond acceptors (Lipinski definition) is 7. The van der Waals surface area contributed by atoms with Crippen LogP contribution in [0.15, 0.2) is 73.1 Å². The Kier molecular flexibility index (Phi) is 7.09. The lowest BCUT2D eigenvalue weighted by Gasteiger charge is -2.26. The number of pyridine rings is 1. The number of ether oxygens (including phenoxy) is 1. The highest BCUT2D eigenvalue weighted by Gasteiger charge is 2.18. The van der Waals surface area contributed by atoms with Crippen LogP contribution < -0.4 is 20.7 Å². The molecule has 164 valence electrons. The monoisotopic (exact) mass is 428 g/mol. The first-order valence-electron chi connectivity index (χ1n) is 10.8. The van der Waals surface area contributed by atoms with Gasteiger partial charge in [0.25, 0.3) is 0 Å². The van der Waals surface area contributed by atoms with Gasteiger partial charge in [-0.3, -0.25) is 4.98 Å². The van der Waals surface area contributed by atoms with Crippen molar-refractivity contribution in [3.8, 4) is 5.75 Å². The molecule has 1 saturated carbocycles. The van der Waals surface area contributed by atoms with E-state index < -0.39 is 0 Å². The van der Waals surface area contributed by atoms with Crippen LogP contribution in [0.1, 0.15) is 19.3 Å². The summed E-state index contributed by atoms with van der Waals surface area (Å²) in [5.41, 5.74) is 2.76. The lowest BCUT2D eigenvalue weighted by Crippen LogP contribution is -2.24. The summed E-state index contributed by atoms with van der Waals surface area (Å²) in [5.74, 6) is 2.13. The van der Waals surface area contributed by atoms with Gasteiger partial charge in [-0.1, -0.05) is 18.2 Å². The van der Waals surface area contributed by atoms with Gasteiger partial charge in [0.2, 0.25) is 5.95 Å². The summed E-state index contributed by atoms with van der Waals surface area (Å²) < 4.78 is 5.90. The van der Waals surface area contributed by atoms with E-state index in [1.54, 1.807) is 12.4 Å². The lowest BCUT2D eigenvalue weighted by atomic mass is 9.96. The molecule has 32 heavy (non-hydrogen) atoms. The molecular weight excluding hydrogens is 400 g/mol. The molecule has 2 aromatic carbocycles. The van der Waals surface area contributed by atoms with Crippen LogP contribution in [0.5, 0.6) is 5.75 Å². The smallest absolute Gasteiger partial charge is 0.229 e. The van der Waals surface area contributed by atoms with Crippen LogP contribution in [0, 0.1) is 0 Å². The number of benzene rings is 2. The van der Waals surface area contributed by atoms with E-state index in [-0.39, 0.29) is 0 Å². The van der Waals surface area contributed by atoms with Crippen molar-refractivity contribution in [1.29, 1.82) is 0 Å². The SMILES string of the molecule is CNC.c1ccc2ncc(Nc3ccnc(Nc4ccc(OC5CCC5)cc4)n3)cc2c1. The maximum absolute atomic E-state index is 5.90. The van der Waals surface area contributed by atoms with Crippen molar-refractivity contribution in [2.75, 3.05) is 24.7 Å². The van der Waals surface area contributed by atoms with Gasteiger partial charge in [-0.15, -0.1) is 0 Å². The number of nitrogens with one attached hydrogen (secondary N) is 3. The average molecular weight is 429 g/mol. The molecule has 2 heterocycles. The van der Waals surface area contributed by atoms with Gasteiger partial charge in [-0.2, -0.15) is 4.98 Å². The molecule has 0 atom stereocenters. The molecule has 0 radical (unpaired) electrons. The van der Waals surface area contributed by atoms with E-state index in [9.17, 15) is 0 Å². The van der Waals surface area contributed by atoms with Crippen molar-refractivity contribution in [3.63, 3.8) is 0 Å². The van der Waals surface area contributed by atoms with Crippen LogP contribution in [-0.4, -0.2) is 35.2 Å². The Balaban J connectivity index is 0.000000775. The Morgan fingerprint density at radius 2 is 1.66 bits per heavy atom. The zero-order valence-electron chi connectivity index (χ0n) is 18.4. The number of rotatable bonds is 6. The zero-order valence-corrected chi connectivity index (χ0v) is 18.4. The number of aromatic nitrogens is 3. The molecule has 0 spiro atoms. The van der Waals surface area contributed by atoms with Gasteiger partial charge in [0.1, 0.15) is 11.6 Å². The summed E-state index contributed by atoms with van der Waals surface area (Å²) in [6, 6.07) is 19.8. The Labute approximate surface area is 188 Å². The quantitative estimate of drug-likeness (QED) is 0.385. The molecule has 1 aliphatic rings. The molecule has 0 aliphatic heterocycles. The first-order valence-corrected chi connectivity index (χ1v) is 10.8. The molecule has 3 N–H and O–H groups in total. The minimum atomic E-state index is 0.379. The third kappa shape index (κ3) is 5.70. The van der Waals surface area contributed by atoms with Gasteiger partial charge in [0.05, 0.1) is 23.5 Å². The number of fused-ring (bicyclic) bond motifs is 1. The number of nitrogens with zero attached hydrogens (tertiary/aromatic N) is 3. The van der Waals surface area contributed by atoms with Crippen molar-refractivity contribution >= 4 is 34.0 Å². The molecule has 4 aromatic rings. The van der Waals surface area contributed by atoms with E-state index in [4.69, 9.17) is 4.74 Å².